The number of pyridine rings is 1. The number of hydrogen-bond donors (Lipinski definition) is 0. The average Bonchev–Trinajstić information content (AvgIpc) is 3.00. The van der Waals surface area contributed by atoms with E-state index in [1.807, 2.05) is 12.3 Å². The summed E-state index contributed by atoms with van der Waals surface area (Å²) < 4.78 is 0. The normalized spacial score (nSPS) is 14.8. The monoisotopic (exact) mass is 374 g/mol. The Kier molecular flexibility index (Phi) is 10.6. The Labute approximate surface area is 149 Å². The van der Waals surface area contributed by atoms with E-state index in [2.05, 4.69) is 48.3 Å². The molecule has 1 aromatic heterocycles. The van der Waals surface area contributed by atoms with Crippen molar-refractivity contribution in [2.45, 2.75) is 38.5 Å². The summed E-state index contributed by atoms with van der Waals surface area (Å²) >= 11 is -0.181. The van der Waals surface area contributed by atoms with Crippen LogP contribution < -0.4 is 0 Å². The Hall–Kier alpha value is -0.518. The maximum absolute atomic E-state index is 4.83. The number of aryl methyl sites for hydroxylation is 2. The molecular formula is C18H22Cl2CrN. The Morgan fingerprint density at radius 1 is 1.14 bits per heavy atom. The smallest absolute Gasteiger partial charge is 0.0403 e. The van der Waals surface area contributed by atoms with E-state index in [0.717, 1.165) is 12.3 Å². The third-order valence-corrected chi connectivity index (χ3v) is 3.73. The summed E-state index contributed by atoms with van der Waals surface area (Å²) in [6.07, 6.45) is 6.78. The summed E-state index contributed by atoms with van der Waals surface area (Å²) in [5.41, 5.74) is 4.35. The van der Waals surface area contributed by atoms with Crippen molar-refractivity contribution in [1.82, 2.24) is 4.98 Å². The molecule has 1 aliphatic rings. The molecule has 119 valence electrons. The van der Waals surface area contributed by atoms with Gasteiger partial charge >= 0.3 is 33.5 Å². The van der Waals surface area contributed by atoms with Crippen LogP contribution in [0.25, 0.3) is 0 Å². The summed E-state index contributed by atoms with van der Waals surface area (Å²) in [4.78, 5) is 4.40. The fraction of sp³-hybridized carbons (Fsp3) is 0.333. The van der Waals surface area contributed by atoms with Gasteiger partial charge in [-0.25, -0.2) is 0 Å². The zero-order chi connectivity index (χ0) is 16.2. The molecule has 0 fully saturated rings. The van der Waals surface area contributed by atoms with Gasteiger partial charge in [-0.1, -0.05) is 30.3 Å². The molecule has 0 spiro atoms. The molecule has 1 nitrogen and oxygen atoms in total. The van der Waals surface area contributed by atoms with Gasteiger partial charge in [0.05, 0.1) is 0 Å². The minimum Gasteiger partial charge on any atom is -0.261 e. The molecule has 1 unspecified atom stereocenters. The largest absolute Gasteiger partial charge is 0.261 e. The van der Waals surface area contributed by atoms with Gasteiger partial charge in [0.1, 0.15) is 0 Å². The van der Waals surface area contributed by atoms with Crippen molar-refractivity contribution in [3.63, 3.8) is 0 Å². The predicted molar refractivity (Wildman–Crippen MR) is 92.8 cm³/mol. The van der Waals surface area contributed by atoms with E-state index < -0.39 is 0 Å². The molecule has 22 heavy (non-hydrogen) atoms. The second-order valence-electron chi connectivity index (χ2n) is 4.85. The molecule has 1 heterocycles. The summed E-state index contributed by atoms with van der Waals surface area (Å²) in [5.74, 6) is 0.744. The third-order valence-electron chi connectivity index (χ3n) is 3.73. The number of fused-ring (bicyclic) bond motifs is 1. The molecule has 0 bridgehead atoms. The molecule has 1 atom stereocenters. The number of rotatable bonds is 3. The van der Waals surface area contributed by atoms with Gasteiger partial charge in [0.25, 0.3) is 0 Å². The molecule has 0 saturated carbocycles. The van der Waals surface area contributed by atoms with E-state index in [4.69, 9.17) is 20.1 Å². The van der Waals surface area contributed by atoms with Gasteiger partial charge in [-0.2, -0.15) is 6.92 Å². The summed E-state index contributed by atoms with van der Waals surface area (Å²) in [7, 11) is 9.65. The summed E-state index contributed by atoms with van der Waals surface area (Å²) in [6.45, 7) is 5.00. The van der Waals surface area contributed by atoms with Crippen LogP contribution in [0.1, 0.15) is 42.5 Å². The van der Waals surface area contributed by atoms with Crippen molar-refractivity contribution in [2.75, 3.05) is 0 Å². The number of halogens is 2. The van der Waals surface area contributed by atoms with Crippen molar-refractivity contribution in [3.05, 3.63) is 72.4 Å². The van der Waals surface area contributed by atoms with Crippen LogP contribution in [-0.4, -0.2) is 4.98 Å². The van der Waals surface area contributed by atoms with Crippen molar-refractivity contribution in [3.8, 4) is 0 Å². The second-order valence-corrected chi connectivity index (χ2v) is 6.96. The Bertz CT molecular complexity index is 520. The fourth-order valence-electron chi connectivity index (χ4n) is 2.81. The molecule has 0 aliphatic heterocycles. The first kappa shape index (κ1) is 19.5. The number of benzene rings is 1. The van der Waals surface area contributed by atoms with Gasteiger partial charge in [-0.05, 0) is 54.9 Å². The number of nitrogens with zero attached hydrogens (tertiary/aromatic N) is 1. The van der Waals surface area contributed by atoms with E-state index in [9.17, 15) is 0 Å². The fourth-order valence-corrected chi connectivity index (χ4v) is 2.81. The van der Waals surface area contributed by atoms with Gasteiger partial charge in [0, 0.05) is 11.9 Å². The van der Waals surface area contributed by atoms with Crippen LogP contribution in [0.5, 0.6) is 0 Å². The standard InChI is InChI=1S/C16H17N.C2H5.2ClH.Cr/c1-2-7-16-13(5-1)8-9-14(16)10-11-15-6-3-4-12-17-15;1-2;;;/h1-7,12,14H,8-11H2;1H2,2H3;2*1H;/q;-1;;;+3/p-2. The molecule has 0 saturated heterocycles. The van der Waals surface area contributed by atoms with Crippen LogP contribution in [0.2, 0.25) is 0 Å². The van der Waals surface area contributed by atoms with Gasteiger partial charge in [0.2, 0.25) is 0 Å². The summed E-state index contributed by atoms with van der Waals surface area (Å²) in [5, 5.41) is 0. The maximum Gasteiger partial charge on any atom is 0.0403 e. The third kappa shape index (κ3) is 6.31. The number of aromatic nitrogens is 1. The quantitative estimate of drug-likeness (QED) is 0.603. The van der Waals surface area contributed by atoms with Crippen molar-refractivity contribution >= 4 is 20.1 Å². The molecule has 2 aromatic rings. The van der Waals surface area contributed by atoms with E-state index in [1.54, 1.807) is 18.1 Å². The Morgan fingerprint density at radius 3 is 2.50 bits per heavy atom. The van der Waals surface area contributed by atoms with Gasteiger partial charge in [0.15, 0.2) is 0 Å². The molecule has 1 aromatic carbocycles. The Morgan fingerprint density at radius 2 is 1.82 bits per heavy atom. The molecule has 1 aliphatic carbocycles. The maximum atomic E-state index is 4.83. The van der Waals surface area contributed by atoms with Crippen molar-refractivity contribution in [1.29, 1.82) is 0 Å². The van der Waals surface area contributed by atoms with Crippen molar-refractivity contribution < 1.29 is 13.4 Å². The minimum absolute atomic E-state index is 0.181. The molecule has 0 amide bonds. The van der Waals surface area contributed by atoms with Crippen LogP contribution in [0.4, 0.5) is 0 Å². The zero-order valence-corrected chi connectivity index (χ0v) is 15.6. The van der Waals surface area contributed by atoms with Crippen molar-refractivity contribution in [2.24, 2.45) is 0 Å². The first-order chi connectivity index (χ1) is 10.8. The molecule has 4 heteroatoms. The molecular weight excluding hydrogens is 353 g/mol. The Balaban J connectivity index is 0.000000435. The predicted octanol–water partition coefficient (Wildman–Crippen LogP) is 5.96. The number of hydrogen-bond acceptors (Lipinski definition) is 1. The molecule has 0 N–H and O–H groups in total. The van der Waals surface area contributed by atoms with E-state index in [-0.39, 0.29) is 13.4 Å². The van der Waals surface area contributed by atoms with Gasteiger partial charge in [-0.15, -0.1) is 0 Å². The van der Waals surface area contributed by atoms with Crippen LogP contribution in [0.3, 0.4) is 0 Å². The zero-order valence-electron chi connectivity index (χ0n) is 12.8. The van der Waals surface area contributed by atoms with E-state index in [0.29, 0.717) is 0 Å². The molecule has 3 rings (SSSR count). The van der Waals surface area contributed by atoms with Gasteiger partial charge < -0.3 is 6.92 Å². The first-order valence-corrected chi connectivity index (χ1v) is 10.9. The van der Waals surface area contributed by atoms with Gasteiger partial charge in [-0.3, -0.25) is 4.98 Å². The van der Waals surface area contributed by atoms with E-state index >= 15 is 0 Å². The SMILES string of the molecule is [CH2-]C.[Cl][Cr+][Cl].c1ccc(CCC2CCc3ccccc32)nc1. The van der Waals surface area contributed by atoms with Crippen LogP contribution in [-0.2, 0) is 26.2 Å². The molecule has 0 radical (unpaired) electrons. The van der Waals surface area contributed by atoms with Crippen LogP contribution >= 0.6 is 20.1 Å². The average molecular weight is 375 g/mol. The van der Waals surface area contributed by atoms with Crippen LogP contribution in [0, 0.1) is 6.92 Å². The first-order valence-electron chi connectivity index (χ1n) is 7.43. The van der Waals surface area contributed by atoms with Crippen LogP contribution in [0.15, 0.2) is 48.7 Å². The van der Waals surface area contributed by atoms with E-state index in [1.165, 1.54) is 25.0 Å². The second kappa shape index (κ2) is 12.0. The summed E-state index contributed by atoms with van der Waals surface area (Å²) in [6, 6.07) is 15.1. The minimum atomic E-state index is -0.181. The topological polar surface area (TPSA) is 12.9 Å².